The summed E-state index contributed by atoms with van der Waals surface area (Å²) in [5, 5.41) is 0. The first-order valence-corrected chi connectivity index (χ1v) is 4.59. The average molecular weight is 301 g/mol. The Labute approximate surface area is 121 Å². The van der Waals surface area contributed by atoms with Gasteiger partial charge in [0.05, 0.1) is 0 Å². The summed E-state index contributed by atoms with van der Waals surface area (Å²) in [6.07, 6.45) is 0. The van der Waals surface area contributed by atoms with Gasteiger partial charge in [0.25, 0.3) is 0 Å². The molecule has 13 heavy (non-hydrogen) atoms. The fourth-order valence-corrected chi connectivity index (χ4v) is 1.25. The summed E-state index contributed by atoms with van der Waals surface area (Å²) in [5.74, 6) is 0. The van der Waals surface area contributed by atoms with Crippen molar-refractivity contribution in [2.75, 3.05) is 0 Å². The fraction of sp³-hybridized carbons (Fsp3) is 0. The van der Waals surface area contributed by atoms with E-state index < -0.39 is 15.6 Å². The Morgan fingerprint density at radius 2 is 1.00 bits per heavy atom. The van der Waals surface area contributed by atoms with Gasteiger partial charge in [0.1, 0.15) is 0 Å². The van der Waals surface area contributed by atoms with Crippen LogP contribution in [0, 0.1) is 0 Å². The molecule has 0 spiro atoms. The van der Waals surface area contributed by atoms with Gasteiger partial charge in [0.2, 0.25) is 0 Å². The summed E-state index contributed by atoms with van der Waals surface area (Å²) in [4.78, 5) is 31.0. The van der Waals surface area contributed by atoms with Crippen LogP contribution in [-0.4, -0.2) is 57.3 Å². The van der Waals surface area contributed by atoms with Gasteiger partial charge < -0.3 is 19.6 Å². The van der Waals surface area contributed by atoms with E-state index >= 15 is 0 Å². The quantitative estimate of drug-likeness (QED) is 0.340. The molecular weight excluding hydrogens is 295 g/mol. The molecule has 7 nitrogen and oxygen atoms in total. The van der Waals surface area contributed by atoms with E-state index in [1.807, 2.05) is 0 Å². The van der Waals surface area contributed by atoms with E-state index in [0.717, 1.165) is 0 Å². The summed E-state index contributed by atoms with van der Waals surface area (Å²) in [5.41, 5.74) is 0. The molecule has 0 aromatic heterocycles. The van der Waals surface area contributed by atoms with Crippen LogP contribution in [-0.2, 0) is 49.1 Å². The minimum Gasteiger partial charge on any atom is 0 e. The summed E-state index contributed by atoms with van der Waals surface area (Å²) in [7, 11) is -10.1. The van der Waals surface area contributed by atoms with Crippen molar-refractivity contribution in [2.45, 2.75) is 0 Å². The van der Waals surface area contributed by atoms with Crippen LogP contribution in [0.1, 0.15) is 0 Å². The van der Waals surface area contributed by atoms with Gasteiger partial charge in [-0.2, -0.15) is 4.31 Å². The zero-order valence-electron chi connectivity index (χ0n) is 4.71. The number of hydrogen-bond acceptors (Lipinski definition) is 3. The van der Waals surface area contributed by atoms with Crippen LogP contribution in [0.5, 0.6) is 0 Å². The second-order valence-electron chi connectivity index (χ2n) is 1.06. The summed E-state index contributed by atoms with van der Waals surface area (Å²) in [6.45, 7) is 0. The van der Waals surface area contributed by atoms with Crippen molar-refractivity contribution < 1.29 is 68.6 Å². The maximum absolute atomic E-state index is 9.63. The van der Waals surface area contributed by atoms with Crippen LogP contribution >= 0.6 is 15.6 Å². The van der Waals surface area contributed by atoms with Crippen molar-refractivity contribution in [1.29, 1.82) is 0 Å². The van der Waals surface area contributed by atoms with Crippen molar-refractivity contribution >= 4 is 53.4 Å². The molecule has 0 aliphatic carbocycles. The van der Waals surface area contributed by atoms with Gasteiger partial charge in [-0.25, -0.2) is 9.13 Å². The van der Waals surface area contributed by atoms with Gasteiger partial charge >= 0.3 is 53.4 Å². The Hall–Kier alpha value is 2.56. The van der Waals surface area contributed by atoms with Crippen molar-refractivity contribution in [3.8, 4) is 0 Å². The van der Waals surface area contributed by atoms with Gasteiger partial charge in [-0.3, -0.25) is 0 Å². The molecule has 73 valence electrons. The molecule has 0 aliphatic heterocycles. The van der Waals surface area contributed by atoms with Crippen molar-refractivity contribution in [1.82, 2.24) is 0 Å². The predicted molar refractivity (Wildman–Crippen MR) is 39.5 cm³/mol. The molecule has 0 atom stereocenters. The van der Waals surface area contributed by atoms with E-state index in [1.54, 1.807) is 0 Å². The van der Waals surface area contributed by atoms with Crippen molar-refractivity contribution in [3.05, 3.63) is 0 Å². The van der Waals surface area contributed by atoms with E-state index in [9.17, 15) is 9.13 Å². The Morgan fingerprint density at radius 3 is 1.00 bits per heavy atom. The second-order valence-corrected chi connectivity index (χ2v) is 3.68. The molecule has 0 amide bonds. The van der Waals surface area contributed by atoms with Crippen LogP contribution in [0.25, 0.3) is 0 Å². The Morgan fingerprint density at radius 1 is 0.846 bits per heavy atom. The minimum absolute atomic E-state index is 0. The molecule has 0 aromatic rings. The first-order valence-electron chi connectivity index (χ1n) is 1.53. The molecule has 0 aliphatic rings. The Balaban J connectivity index is -0.0000000533. The van der Waals surface area contributed by atoms with Crippen LogP contribution in [0.15, 0.2) is 0 Å². The SMILES string of the molecule is O=P(O)(O)OP(=O)(O)O.[Fe].[LiH].[LiH].[V]. The predicted octanol–water partition coefficient (Wildman–Crippen LogP) is -2.11. The Bertz CT molecular complexity index is 165. The first kappa shape index (κ1) is 29.6. The molecule has 0 bridgehead atoms. The smallest absolute Gasteiger partial charge is 0 e. The third-order valence-corrected chi connectivity index (χ3v) is 1.91. The van der Waals surface area contributed by atoms with Crippen LogP contribution in [0.3, 0.4) is 0 Å². The largest absolute Gasteiger partial charge is 0 e. The fourth-order valence-electron chi connectivity index (χ4n) is 0.139. The maximum Gasteiger partial charge on any atom is 0 e. The standard InChI is InChI=1S/Fe.2Li.H4O7P2.V.2H/c;;;1-8(2,3)7-9(4,5)6;;;/h;;;(H2,1,2,3)(H2,4,5,6);;;. The van der Waals surface area contributed by atoms with E-state index in [2.05, 4.69) is 4.31 Å². The number of hydrogen-bond donors (Lipinski definition) is 4. The topological polar surface area (TPSA) is 124 Å². The monoisotopic (exact) mass is 301 g/mol. The van der Waals surface area contributed by atoms with Gasteiger partial charge in [-0.1, -0.05) is 0 Å². The molecule has 0 saturated carbocycles. The number of phosphoric acid groups is 2. The second kappa shape index (κ2) is 11.1. The zero-order chi connectivity index (χ0) is 7.71. The van der Waals surface area contributed by atoms with Gasteiger partial charge in [0.15, 0.2) is 0 Å². The summed E-state index contributed by atoms with van der Waals surface area (Å²) in [6, 6.07) is 0. The van der Waals surface area contributed by atoms with Crippen molar-refractivity contribution in [2.24, 2.45) is 0 Å². The van der Waals surface area contributed by atoms with Crippen LogP contribution in [0.2, 0.25) is 0 Å². The molecule has 0 saturated heterocycles. The molecule has 0 unspecified atom stereocenters. The van der Waals surface area contributed by atoms with Crippen molar-refractivity contribution in [3.63, 3.8) is 0 Å². The van der Waals surface area contributed by atoms with Crippen LogP contribution < -0.4 is 0 Å². The molecule has 4 N–H and O–H groups in total. The van der Waals surface area contributed by atoms with E-state index in [1.165, 1.54) is 0 Å². The molecule has 1 radical (unpaired) electrons. The third-order valence-electron chi connectivity index (χ3n) is 0.213. The normalized spacial score (nSPS) is 9.54. The average Bonchev–Trinajstić information content (AvgIpc) is 1.14. The van der Waals surface area contributed by atoms with Crippen LogP contribution in [0.4, 0.5) is 0 Å². The molecule has 13 heteroatoms. The molecule has 0 aromatic carbocycles. The molecule has 0 rings (SSSR count). The first-order chi connectivity index (χ1) is 3.71. The molecule has 0 fully saturated rings. The summed E-state index contributed by atoms with van der Waals surface area (Å²) >= 11 is 0. The minimum atomic E-state index is -5.05. The van der Waals surface area contributed by atoms with Gasteiger partial charge in [0, 0.05) is 35.6 Å². The van der Waals surface area contributed by atoms with Gasteiger partial charge in [-0.15, -0.1) is 0 Å². The van der Waals surface area contributed by atoms with E-state index in [-0.39, 0.29) is 73.3 Å². The Kier molecular flexibility index (Phi) is 25.2. The third kappa shape index (κ3) is 31.3. The van der Waals surface area contributed by atoms with E-state index in [4.69, 9.17) is 19.6 Å². The number of rotatable bonds is 2. The zero-order valence-corrected chi connectivity index (χ0v) is 9.00. The molecular formula is H6FeLi2O7P2V. The molecule has 0 heterocycles. The summed E-state index contributed by atoms with van der Waals surface area (Å²) < 4.78 is 22.2. The van der Waals surface area contributed by atoms with E-state index in [0.29, 0.717) is 0 Å². The van der Waals surface area contributed by atoms with Gasteiger partial charge in [-0.05, 0) is 0 Å². The maximum atomic E-state index is 9.63.